The van der Waals surface area contributed by atoms with Crippen molar-refractivity contribution < 1.29 is 0 Å². The van der Waals surface area contributed by atoms with Gasteiger partial charge in [-0.3, -0.25) is 0 Å². The number of rotatable bonds is 4. The molecule has 0 aromatic heterocycles. The highest BCUT2D eigenvalue weighted by molar-refractivity contribution is 5.31. The summed E-state index contributed by atoms with van der Waals surface area (Å²) in [5, 5.41) is 3.65. The van der Waals surface area contributed by atoms with Gasteiger partial charge in [0.15, 0.2) is 0 Å². The minimum Gasteiger partial charge on any atom is -0.310 e. The summed E-state index contributed by atoms with van der Waals surface area (Å²) in [6.07, 6.45) is 2.55. The zero-order valence-electron chi connectivity index (χ0n) is 11.5. The molecule has 1 fully saturated rings. The summed E-state index contributed by atoms with van der Waals surface area (Å²) in [4.78, 5) is 0. The Morgan fingerprint density at radius 1 is 0.947 bits per heavy atom. The molecule has 1 heteroatoms. The Bertz CT molecular complexity index is 526. The van der Waals surface area contributed by atoms with Gasteiger partial charge in [0.2, 0.25) is 0 Å². The van der Waals surface area contributed by atoms with E-state index in [4.69, 9.17) is 0 Å². The first kappa shape index (κ1) is 12.4. The van der Waals surface area contributed by atoms with E-state index in [0.717, 1.165) is 12.5 Å². The van der Waals surface area contributed by atoms with Crippen molar-refractivity contribution in [1.29, 1.82) is 0 Å². The van der Waals surface area contributed by atoms with Crippen molar-refractivity contribution >= 4 is 0 Å². The van der Waals surface area contributed by atoms with Crippen LogP contribution in [0.15, 0.2) is 54.6 Å². The molecule has 98 valence electrons. The van der Waals surface area contributed by atoms with Gasteiger partial charge in [-0.15, -0.1) is 0 Å². The van der Waals surface area contributed by atoms with Gasteiger partial charge in [0.05, 0.1) is 0 Å². The molecule has 0 bridgehead atoms. The molecule has 1 aliphatic carbocycles. The molecule has 19 heavy (non-hydrogen) atoms. The summed E-state index contributed by atoms with van der Waals surface area (Å²) in [6.45, 7) is 3.21. The van der Waals surface area contributed by atoms with E-state index >= 15 is 0 Å². The fourth-order valence-corrected chi connectivity index (χ4v) is 2.94. The topological polar surface area (TPSA) is 12.0 Å². The van der Waals surface area contributed by atoms with Gasteiger partial charge in [-0.05, 0) is 42.4 Å². The van der Waals surface area contributed by atoms with Crippen LogP contribution in [-0.4, -0.2) is 6.04 Å². The molecule has 0 heterocycles. The molecule has 2 aromatic carbocycles. The first-order chi connectivity index (χ1) is 9.33. The van der Waals surface area contributed by atoms with E-state index in [-0.39, 0.29) is 0 Å². The van der Waals surface area contributed by atoms with E-state index in [1.165, 1.54) is 24.0 Å². The van der Waals surface area contributed by atoms with Gasteiger partial charge in [0.1, 0.15) is 0 Å². The zero-order chi connectivity index (χ0) is 13.1. The molecule has 1 saturated carbocycles. The second-order valence-corrected chi connectivity index (χ2v) is 5.59. The van der Waals surface area contributed by atoms with Crippen LogP contribution in [0.3, 0.4) is 0 Å². The van der Waals surface area contributed by atoms with E-state index < -0.39 is 0 Å². The lowest BCUT2D eigenvalue weighted by molar-refractivity contribution is 0.289. The zero-order valence-corrected chi connectivity index (χ0v) is 11.5. The van der Waals surface area contributed by atoms with Crippen LogP contribution in [0, 0.1) is 6.92 Å². The normalized spacial score (nSPS) is 21.9. The average molecular weight is 251 g/mol. The van der Waals surface area contributed by atoms with E-state index in [9.17, 15) is 0 Å². The third-order valence-electron chi connectivity index (χ3n) is 4.20. The van der Waals surface area contributed by atoms with Crippen molar-refractivity contribution in [2.75, 3.05) is 0 Å². The number of aryl methyl sites for hydroxylation is 1. The number of hydrogen-bond acceptors (Lipinski definition) is 1. The third-order valence-corrected chi connectivity index (χ3v) is 4.20. The smallest absolute Gasteiger partial charge is 0.0208 e. The maximum Gasteiger partial charge on any atom is 0.0208 e. The molecule has 0 unspecified atom stereocenters. The van der Waals surface area contributed by atoms with Crippen molar-refractivity contribution in [3.63, 3.8) is 0 Å². The SMILES string of the molecule is Cc1ccccc1C1CC(NCc2ccccc2)C1. The van der Waals surface area contributed by atoms with Gasteiger partial charge in [-0.1, -0.05) is 54.6 Å². The van der Waals surface area contributed by atoms with Gasteiger partial charge in [-0.25, -0.2) is 0 Å². The molecule has 3 rings (SSSR count). The fourth-order valence-electron chi connectivity index (χ4n) is 2.94. The minimum absolute atomic E-state index is 0.685. The third kappa shape index (κ3) is 2.87. The maximum atomic E-state index is 3.65. The predicted molar refractivity (Wildman–Crippen MR) is 80.2 cm³/mol. The summed E-state index contributed by atoms with van der Waals surface area (Å²) in [7, 11) is 0. The van der Waals surface area contributed by atoms with Gasteiger partial charge >= 0.3 is 0 Å². The fraction of sp³-hybridized carbons (Fsp3) is 0.333. The van der Waals surface area contributed by atoms with Gasteiger partial charge in [0, 0.05) is 12.6 Å². The summed E-state index contributed by atoms with van der Waals surface area (Å²) >= 11 is 0. The highest BCUT2D eigenvalue weighted by Gasteiger charge is 2.30. The first-order valence-electron chi connectivity index (χ1n) is 7.16. The standard InChI is InChI=1S/C18H21N/c1-14-7-5-6-10-18(14)16-11-17(12-16)19-13-15-8-3-2-4-9-15/h2-10,16-17,19H,11-13H2,1H3. The average Bonchev–Trinajstić information content (AvgIpc) is 2.40. The Morgan fingerprint density at radius 2 is 1.63 bits per heavy atom. The first-order valence-corrected chi connectivity index (χ1v) is 7.16. The van der Waals surface area contributed by atoms with Crippen molar-refractivity contribution in [2.24, 2.45) is 0 Å². The molecule has 0 spiro atoms. The molecule has 0 radical (unpaired) electrons. The van der Waals surface area contributed by atoms with E-state index in [1.807, 2.05) is 0 Å². The monoisotopic (exact) mass is 251 g/mol. The predicted octanol–water partition coefficient (Wildman–Crippen LogP) is 4.03. The largest absolute Gasteiger partial charge is 0.310 e. The highest BCUT2D eigenvalue weighted by Crippen LogP contribution is 2.38. The van der Waals surface area contributed by atoms with Crippen molar-refractivity contribution in [3.8, 4) is 0 Å². The van der Waals surface area contributed by atoms with Crippen molar-refractivity contribution in [2.45, 2.75) is 38.3 Å². The number of nitrogens with one attached hydrogen (secondary N) is 1. The quantitative estimate of drug-likeness (QED) is 0.865. The lowest BCUT2D eigenvalue weighted by Gasteiger charge is -2.37. The van der Waals surface area contributed by atoms with Crippen LogP contribution < -0.4 is 5.32 Å². The molecular weight excluding hydrogens is 230 g/mol. The van der Waals surface area contributed by atoms with Crippen LogP contribution in [0.1, 0.15) is 35.4 Å². The number of hydrogen-bond donors (Lipinski definition) is 1. The van der Waals surface area contributed by atoms with Crippen molar-refractivity contribution in [1.82, 2.24) is 5.32 Å². The molecular formula is C18H21N. The molecule has 0 aliphatic heterocycles. The van der Waals surface area contributed by atoms with Gasteiger partial charge in [0.25, 0.3) is 0 Å². The van der Waals surface area contributed by atoms with Crippen LogP contribution in [0.4, 0.5) is 0 Å². The van der Waals surface area contributed by atoms with Gasteiger partial charge < -0.3 is 5.32 Å². The lowest BCUT2D eigenvalue weighted by atomic mass is 9.74. The Kier molecular flexibility index (Phi) is 3.65. The highest BCUT2D eigenvalue weighted by atomic mass is 14.9. The Morgan fingerprint density at radius 3 is 2.37 bits per heavy atom. The molecule has 0 atom stereocenters. The van der Waals surface area contributed by atoms with Gasteiger partial charge in [-0.2, -0.15) is 0 Å². The second-order valence-electron chi connectivity index (χ2n) is 5.59. The summed E-state index contributed by atoms with van der Waals surface area (Å²) in [5.41, 5.74) is 4.36. The summed E-state index contributed by atoms with van der Waals surface area (Å²) < 4.78 is 0. The van der Waals surface area contributed by atoms with E-state index in [2.05, 4.69) is 66.8 Å². The van der Waals surface area contributed by atoms with Crippen molar-refractivity contribution in [3.05, 3.63) is 71.3 Å². The Hall–Kier alpha value is -1.60. The van der Waals surface area contributed by atoms with Crippen LogP contribution in [0.2, 0.25) is 0 Å². The molecule has 2 aromatic rings. The summed E-state index contributed by atoms with van der Waals surface area (Å²) in [5.74, 6) is 0.759. The van der Waals surface area contributed by atoms with E-state index in [0.29, 0.717) is 6.04 Å². The Labute approximate surface area is 115 Å². The molecule has 0 amide bonds. The van der Waals surface area contributed by atoms with Crippen LogP contribution in [0.25, 0.3) is 0 Å². The Balaban J connectivity index is 1.50. The molecule has 1 N–H and O–H groups in total. The van der Waals surface area contributed by atoms with Crippen LogP contribution >= 0.6 is 0 Å². The number of benzene rings is 2. The molecule has 1 nitrogen and oxygen atoms in total. The second kappa shape index (κ2) is 5.58. The molecule has 0 saturated heterocycles. The molecule has 1 aliphatic rings. The lowest BCUT2D eigenvalue weighted by Crippen LogP contribution is -2.39. The van der Waals surface area contributed by atoms with Crippen LogP contribution in [0.5, 0.6) is 0 Å². The minimum atomic E-state index is 0.685. The maximum absolute atomic E-state index is 3.65. The summed E-state index contributed by atoms with van der Waals surface area (Å²) in [6, 6.07) is 20.1. The van der Waals surface area contributed by atoms with E-state index in [1.54, 1.807) is 5.56 Å². The van der Waals surface area contributed by atoms with Crippen LogP contribution in [-0.2, 0) is 6.54 Å².